The van der Waals surface area contributed by atoms with Crippen molar-refractivity contribution in [3.05, 3.63) is 65.6 Å². The van der Waals surface area contributed by atoms with Gasteiger partial charge < -0.3 is 24.0 Å². The molecule has 1 saturated heterocycles. The molecular formula is C25H23N5O4. The van der Waals surface area contributed by atoms with Crippen molar-refractivity contribution in [3.8, 4) is 17.7 Å². The fourth-order valence-electron chi connectivity index (χ4n) is 3.75. The molecule has 0 spiro atoms. The number of furan rings is 1. The predicted molar refractivity (Wildman–Crippen MR) is 124 cm³/mol. The van der Waals surface area contributed by atoms with E-state index in [1.165, 1.54) is 6.26 Å². The van der Waals surface area contributed by atoms with Gasteiger partial charge in [0.2, 0.25) is 17.5 Å². The molecule has 5 rings (SSSR count). The van der Waals surface area contributed by atoms with Gasteiger partial charge in [-0.2, -0.15) is 10.2 Å². The second kappa shape index (κ2) is 9.27. The van der Waals surface area contributed by atoms with Gasteiger partial charge >= 0.3 is 0 Å². The monoisotopic (exact) mass is 457 g/mol. The Bertz CT molecular complexity index is 1240. The maximum atomic E-state index is 12.7. The van der Waals surface area contributed by atoms with Gasteiger partial charge in [0.1, 0.15) is 6.07 Å². The lowest BCUT2D eigenvalue weighted by molar-refractivity contribution is -0.126. The van der Waals surface area contributed by atoms with Gasteiger partial charge in [0.25, 0.3) is 11.8 Å². The highest BCUT2D eigenvalue weighted by Crippen LogP contribution is 2.29. The lowest BCUT2D eigenvalue weighted by Crippen LogP contribution is -2.48. The van der Waals surface area contributed by atoms with Gasteiger partial charge in [-0.3, -0.25) is 9.59 Å². The zero-order chi connectivity index (χ0) is 23.5. The van der Waals surface area contributed by atoms with Crippen molar-refractivity contribution >= 4 is 23.8 Å². The largest absolute Gasteiger partial charge is 0.459 e. The second-order valence-corrected chi connectivity index (χ2v) is 8.28. The summed E-state index contributed by atoms with van der Waals surface area (Å²) >= 11 is 0. The van der Waals surface area contributed by atoms with Crippen molar-refractivity contribution < 1.29 is 18.4 Å². The fourth-order valence-corrected chi connectivity index (χ4v) is 3.75. The van der Waals surface area contributed by atoms with E-state index in [0.717, 1.165) is 18.4 Å². The Morgan fingerprint density at radius 2 is 1.88 bits per heavy atom. The third-order valence-electron chi connectivity index (χ3n) is 5.83. The highest BCUT2D eigenvalue weighted by atomic mass is 16.4. The van der Waals surface area contributed by atoms with Crippen molar-refractivity contribution in [1.82, 2.24) is 15.2 Å². The summed E-state index contributed by atoms with van der Waals surface area (Å²) < 4.78 is 11.1. The molecule has 1 aliphatic heterocycles. The second-order valence-electron chi connectivity index (χ2n) is 8.28. The molecule has 34 heavy (non-hydrogen) atoms. The number of rotatable bonds is 6. The number of aromatic nitrogens is 1. The molecule has 2 aliphatic rings. The molecule has 172 valence electrons. The quantitative estimate of drug-likeness (QED) is 0.566. The van der Waals surface area contributed by atoms with Crippen molar-refractivity contribution in [2.75, 3.05) is 31.1 Å². The number of nitrogens with one attached hydrogen (secondary N) is 1. The van der Waals surface area contributed by atoms with Crippen LogP contribution >= 0.6 is 0 Å². The number of carbonyl (C=O) groups excluding carboxylic acids is 2. The van der Waals surface area contributed by atoms with Crippen LogP contribution in [0.2, 0.25) is 0 Å². The Kier molecular flexibility index (Phi) is 5.87. The lowest BCUT2D eigenvalue weighted by Gasteiger charge is -2.33. The standard InChI is InChI=1S/C25H23N5O4/c26-16-20-25(34-24(28-20)21-2-1-15-33-21)30-13-11-29(12-14-30)22(31)10-5-17-3-6-18(7-4-17)23(32)27-19-8-9-19/h1-7,10,15,19H,8-9,11-14H2,(H,27,32)/b10-5+. The number of hydrogen-bond donors (Lipinski definition) is 1. The van der Waals surface area contributed by atoms with Gasteiger partial charge in [-0.15, -0.1) is 0 Å². The molecule has 0 bridgehead atoms. The number of nitriles is 1. The summed E-state index contributed by atoms with van der Waals surface area (Å²) in [6.07, 6.45) is 6.90. The van der Waals surface area contributed by atoms with Crippen LogP contribution in [0.25, 0.3) is 17.7 Å². The Morgan fingerprint density at radius 3 is 2.53 bits per heavy atom. The van der Waals surface area contributed by atoms with Crippen LogP contribution in [-0.4, -0.2) is 53.9 Å². The maximum absolute atomic E-state index is 12.7. The summed E-state index contributed by atoms with van der Waals surface area (Å²) in [4.78, 5) is 32.6. The van der Waals surface area contributed by atoms with Crippen LogP contribution in [0.15, 0.2) is 57.6 Å². The van der Waals surface area contributed by atoms with Gasteiger partial charge in [-0.1, -0.05) is 12.1 Å². The number of hydrogen-bond acceptors (Lipinski definition) is 7. The molecule has 2 aromatic heterocycles. The molecular weight excluding hydrogens is 434 g/mol. The molecule has 9 heteroatoms. The minimum atomic E-state index is -0.0930. The van der Waals surface area contributed by atoms with Crippen LogP contribution in [0.5, 0.6) is 0 Å². The van der Waals surface area contributed by atoms with Crippen molar-refractivity contribution in [2.24, 2.45) is 0 Å². The fraction of sp³-hybridized carbons (Fsp3) is 0.280. The number of nitrogens with zero attached hydrogens (tertiary/aromatic N) is 4. The molecule has 1 saturated carbocycles. The van der Waals surface area contributed by atoms with E-state index in [9.17, 15) is 14.9 Å². The van der Waals surface area contributed by atoms with E-state index in [-0.39, 0.29) is 23.4 Å². The zero-order valence-electron chi connectivity index (χ0n) is 18.4. The maximum Gasteiger partial charge on any atom is 0.266 e. The first kappa shape index (κ1) is 21.5. The van der Waals surface area contributed by atoms with Crippen LogP contribution < -0.4 is 10.2 Å². The van der Waals surface area contributed by atoms with E-state index < -0.39 is 0 Å². The molecule has 1 aliphatic carbocycles. The van der Waals surface area contributed by atoms with E-state index in [2.05, 4.69) is 16.4 Å². The van der Waals surface area contributed by atoms with Crippen LogP contribution in [0, 0.1) is 11.3 Å². The molecule has 2 amide bonds. The van der Waals surface area contributed by atoms with Gasteiger partial charge in [0.15, 0.2) is 5.76 Å². The van der Waals surface area contributed by atoms with Crippen LogP contribution in [0.1, 0.15) is 34.5 Å². The number of oxazole rings is 1. The number of carbonyl (C=O) groups is 2. The zero-order valence-corrected chi connectivity index (χ0v) is 18.4. The molecule has 2 fully saturated rings. The molecule has 0 unspecified atom stereocenters. The van der Waals surface area contributed by atoms with E-state index in [4.69, 9.17) is 8.83 Å². The van der Waals surface area contributed by atoms with Gasteiger partial charge in [-0.25, -0.2) is 0 Å². The molecule has 1 aromatic carbocycles. The Labute approximate surface area is 196 Å². The van der Waals surface area contributed by atoms with Crippen molar-refractivity contribution in [3.63, 3.8) is 0 Å². The highest BCUT2D eigenvalue weighted by molar-refractivity contribution is 5.95. The SMILES string of the molecule is N#Cc1nc(-c2ccco2)oc1N1CCN(C(=O)/C=C/c2ccc(C(=O)NC3CC3)cc2)CC1. The van der Waals surface area contributed by atoms with E-state index >= 15 is 0 Å². The normalized spacial score (nSPS) is 16.0. The Morgan fingerprint density at radius 1 is 1.12 bits per heavy atom. The van der Waals surface area contributed by atoms with Gasteiger partial charge in [0.05, 0.1) is 6.26 Å². The summed E-state index contributed by atoms with van der Waals surface area (Å²) in [7, 11) is 0. The number of benzene rings is 1. The molecule has 0 atom stereocenters. The summed E-state index contributed by atoms with van der Waals surface area (Å²) in [5.74, 6) is 0.953. The summed E-state index contributed by atoms with van der Waals surface area (Å²) in [6.45, 7) is 2.02. The average molecular weight is 457 g/mol. The summed E-state index contributed by atoms with van der Waals surface area (Å²) in [6, 6.07) is 13.0. The lowest BCUT2D eigenvalue weighted by atomic mass is 10.1. The van der Waals surface area contributed by atoms with Gasteiger partial charge in [-0.05, 0) is 48.7 Å². The topological polar surface area (TPSA) is 116 Å². The molecule has 9 nitrogen and oxygen atoms in total. The first-order valence-corrected chi connectivity index (χ1v) is 11.2. The van der Waals surface area contributed by atoms with E-state index in [1.54, 1.807) is 41.3 Å². The predicted octanol–water partition coefficient (Wildman–Crippen LogP) is 3.06. The Balaban J connectivity index is 1.17. The summed E-state index contributed by atoms with van der Waals surface area (Å²) in [5, 5.41) is 12.4. The third kappa shape index (κ3) is 4.71. The van der Waals surface area contributed by atoms with Crippen LogP contribution in [-0.2, 0) is 4.79 Å². The Hall–Kier alpha value is -4.32. The molecule has 3 heterocycles. The number of piperazine rings is 1. The number of amides is 2. The summed E-state index contributed by atoms with van der Waals surface area (Å²) in [5.41, 5.74) is 1.66. The minimum Gasteiger partial charge on any atom is -0.459 e. The highest BCUT2D eigenvalue weighted by Gasteiger charge is 2.26. The van der Waals surface area contributed by atoms with E-state index in [1.807, 2.05) is 17.0 Å². The third-order valence-corrected chi connectivity index (χ3v) is 5.83. The van der Waals surface area contributed by atoms with E-state index in [0.29, 0.717) is 49.4 Å². The van der Waals surface area contributed by atoms with Gasteiger partial charge in [0, 0.05) is 43.9 Å². The first-order valence-electron chi connectivity index (χ1n) is 11.2. The van der Waals surface area contributed by atoms with Crippen molar-refractivity contribution in [2.45, 2.75) is 18.9 Å². The molecule has 0 radical (unpaired) electrons. The molecule has 1 N–H and O–H groups in total. The minimum absolute atomic E-state index is 0.0606. The smallest absolute Gasteiger partial charge is 0.266 e. The number of anilines is 1. The average Bonchev–Trinajstić information content (AvgIpc) is 3.34. The first-order chi connectivity index (χ1) is 16.6. The molecule has 3 aromatic rings. The van der Waals surface area contributed by atoms with Crippen LogP contribution in [0.3, 0.4) is 0 Å². The van der Waals surface area contributed by atoms with Crippen molar-refractivity contribution in [1.29, 1.82) is 5.26 Å². The van der Waals surface area contributed by atoms with Crippen LogP contribution in [0.4, 0.5) is 5.88 Å².